The third-order valence-electron chi connectivity index (χ3n) is 10.6. The second kappa shape index (κ2) is 11.0. The Hall–Kier alpha value is -3.50. The van der Waals surface area contributed by atoms with Crippen LogP contribution in [0.2, 0.25) is 5.02 Å². The first-order valence-electron chi connectivity index (χ1n) is 16.4. The third-order valence-corrected chi connectivity index (χ3v) is 11.9. The highest BCUT2D eigenvalue weighted by Gasteiger charge is 2.49. The van der Waals surface area contributed by atoms with E-state index in [4.69, 9.17) is 36.8 Å². The van der Waals surface area contributed by atoms with Gasteiger partial charge < -0.3 is 25.4 Å². The number of hydrogen-bond acceptors (Lipinski definition) is 10. The maximum absolute atomic E-state index is 15.1. The van der Waals surface area contributed by atoms with Gasteiger partial charge in [-0.1, -0.05) is 17.7 Å². The molecular weight excluding hydrogens is 644 g/mol. The lowest BCUT2D eigenvalue weighted by atomic mass is 9.95. The van der Waals surface area contributed by atoms with Gasteiger partial charge in [0.2, 0.25) is 0 Å². The number of benzene rings is 2. The van der Waals surface area contributed by atoms with Gasteiger partial charge in [-0.15, -0.1) is 11.3 Å². The smallest absolute Gasteiger partial charge is 0.319 e. The first-order chi connectivity index (χ1) is 22.8. The minimum absolute atomic E-state index is 0.0296. The molecule has 9 rings (SSSR count). The van der Waals surface area contributed by atoms with Crippen molar-refractivity contribution in [2.45, 2.75) is 74.8 Å². The van der Waals surface area contributed by atoms with Crippen molar-refractivity contribution in [1.29, 1.82) is 5.26 Å². The zero-order valence-electron chi connectivity index (χ0n) is 25.7. The molecule has 2 bridgehead atoms. The number of hydrogen-bond donors (Lipinski definition) is 2. The number of nitrogen functional groups attached to an aromatic ring is 1. The molecule has 244 valence electrons. The van der Waals surface area contributed by atoms with Gasteiger partial charge in [-0.2, -0.15) is 15.2 Å². The summed E-state index contributed by atoms with van der Waals surface area (Å²) in [5.74, 6) is 0.711. The lowest BCUT2D eigenvalue weighted by Gasteiger charge is -2.35. The molecule has 1 saturated carbocycles. The highest BCUT2D eigenvalue weighted by Crippen LogP contribution is 2.51. The van der Waals surface area contributed by atoms with Crippen LogP contribution in [0.15, 0.2) is 18.2 Å². The van der Waals surface area contributed by atoms with Gasteiger partial charge >= 0.3 is 6.01 Å². The minimum atomic E-state index is -0.872. The zero-order chi connectivity index (χ0) is 32.0. The van der Waals surface area contributed by atoms with Crippen molar-refractivity contribution in [2.75, 3.05) is 43.4 Å². The van der Waals surface area contributed by atoms with Gasteiger partial charge in [-0.05, 0) is 62.8 Å². The Morgan fingerprint density at radius 1 is 1.17 bits per heavy atom. The summed E-state index contributed by atoms with van der Waals surface area (Å²) < 4.78 is 43.1. The number of piperazine rings is 1. The molecule has 2 aromatic carbocycles. The molecule has 6 heterocycles. The van der Waals surface area contributed by atoms with Crippen molar-refractivity contribution in [1.82, 2.24) is 20.2 Å². The van der Waals surface area contributed by atoms with Gasteiger partial charge in [0.1, 0.15) is 41.0 Å². The average Bonchev–Trinajstić information content (AvgIpc) is 3.37. The number of halogens is 3. The molecule has 47 heavy (non-hydrogen) atoms. The van der Waals surface area contributed by atoms with E-state index >= 15 is 4.39 Å². The molecule has 13 heteroatoms. The number of fused-ring (bicyclic) bond motifs is 5. The van der Waals surface area contributed by atoms with E-state index in [2.05, 4.69) is 21.2 Å². The zero-order valence-corrected chi connectivity index (χ0v) is 27.3. The summed E-state index contributed by atoms with van der Waals surface area (Å²) in [5.41, 5.74) is 7.67. The van der Waals surface area contributed by atoms with Crippen LogP contribution in [0, 0.1) is 17.1 Å². The summed E-state index contributed by atoms with van der Waals surface area (Å²) in [6.07, 6.45) is 5.38. The van der Waals surface area contributed by atoms with Crippen LogP contribution in [-0.4, -0.2) is 77.6 Å². The second-order valence-corrected chi connectivity index (χ2v) is 15.2. The number of anilines is 2. The van der Waals surface area contributed by atoms with Crippen LogP contribution in [0.3, 0.4) is 0 Å². The number of nitrogens with zero attached hydrogens (tertiary/aromatic N) is 5. The molecule has 5 aliphatic rings. The second-order valence-electron chi connectivity index (χ2n) is 13.8. The van der Waals surface area contributed by atoms with Gasteiger partial charge in [-0.25, -0.2) is 8.78 Å². The van der Waals surface area contributed by atoms with Crippen LogP contribution in [0.25, 0.3) is 32.1 Å². The predicted octanol–water partition coefficient (Wildman–Crippen LogP) is 6.19. The Morgan fingerprint density at radius 3 is 2.74 bits per heavy atom. The molecule has 5 fully saturated rings. The fraction of sp³-hybridized carbons (Fsp3) is 0.500. The Bertz CT molecular complexity index is 1970. The van der Waals surface area contributed by atoms with E-state index in [-0.39, 0.29) is 32.9 Å². The number of nitrogens with two attached hydrogens (primary N) is 1. The van der Waals surface area contributed by atoms with Gasteiger partial charge in [0.25, 0.3) is 0 Å². The first-order valence-corrected chi connectivity index (χ1v) is 17.6. The van der Waals surface area contributed by atoms with Crippen molar-refractivity contribution < 1.29 is 18.3 Å². The summed E-state index contributed by atoms with van der Waals surface area (Å²) >= 11 is 8.23. The van der Waals surface area contributed by atoms with Crippen molar-refractivity contribution in [2.24, 2.45) is 0 Å². The normalized spacial score (nSPS) is 27.1. The van der Waals surface area contributed by atoms with Crippen LogP contribution < -0.4 is 25.4 Å². The molecule has 0 radical (unpaired) electrons. The lowest BCUT2D eigenvalue weighted by molar-refractivity contribution is 0.107. The van der Waals surface area contributed by atoms with E-state index in [9.17, 15) is 9.65 Å². The van der Waals surface area contributed by atoms with Gasteiger partial charge in [0, 0.05) is 54.5 Å². The van der Waals surface area contributed by atoms with Crippen LogP contribution in [-0.2, 0) is 0 Å². The summed E-state index contributed by atoms with van der Waals surface area (Å²) in [6, 6.07) is 7.94. The SMILES string of the molecule is N#Cc1c(N)sc2c(F)ccc(-c3c(Cl)cc4c(N5CC6CCC(C5)N6)nc(OC[C@@]56CCCN5C[C@H](F)C6)nc4c3OC3CC3)c12. The Morgan fingerprint density at radius 2 is 1.98 bits per heavy atom. The maximum atomic E-state index is 15.1. The van der Waals surface area contributed by atoms with Crippen LogP contribution in [0.1, 0.15) is 50.5 Å². The summed E-state index contributed by atoms with van der Waals surface area (Å²) in [7, 11) is 0. The summed E-state index contributed by atoms with van der Waals surface area (Å²) in [5, 5.41) is 15.5. The molecule has 9 nitrogen and oxygen atoms in total. The molecule has 4 aromatic rings. The number of aromatic nitrogens is 2. The summed E-state index contributed by atoms with van der Waals surface area (Å²) in [6.45, 7) is 3.15. The maximum Gasteiger partial charge on any atom is 0.319 e. The molecule has 3 N–H and O–H groups in total. The van der Waals surface area contributed by atoms with Crippen LogP contribution in [0.5, 0.6) is 11.8 Å². The largest absolute Gasteiger partial charge is 0.487 e. The van der Waals surface area contributed by atoms with Crippen molar-refractivity contribution in [3.8, 4) is 29.0 Å². The fourth-order valence-electron chi connectivity index (χ4n) is 8.32. The number of nitrogens with one attached hydrogen (secondary N) is 1. The standard InChI is InChI=1S/C34H34ClF2N7O2S/c35-24-10-22-28(29(46-20-4-5-20)27(24)21-6-7-25(37)30-26(21)23(12-38)31(39)47-30)41-33(42-32(22)43-14-18-2-3-19(15-43)40-18)45-16-34-8-1-9-44(34)13-17(36)11-34/h6-7,10,17-20,40H,1-5,8-9,11,13-16,39H2/t17-,18?,19?,34+/m1/s1. The molecule has 4 saturated heterocycles. The fourth-order valence-corrected chi connectivity index (χ4v) is 9.57. The number of rotatable bonds is 7. The monoisotopic (exact) mass is 677 g/mol. The number of ether oxygens (including phenoxy) is 2. The highest BCUT2D eigenvalue weighted by molar-refractivity contribution is 7.23. The van der Waals surface area contributed by atoms with Crippen LogP contribution in [0.4, 0.5) is 19.6 Å². The van der Waals surface area contributed by atoms with E-state index in [1.165, 1.54) is 6.07 Å². The van der Waals surface area contributed by atoms with Crippen LogP contribution >= 0.6 is 22.9 Å². The van der Waals surface area contributed by atoms with Crippen molar-refractivity contribution in [3.05, 3.63) is 34.6 Å². The number of alkyl halides is 1. The quantitative estimate of drug-likeness (QED) is 0.236. The Balaban J connectivity index is 1.24. The van der Waals surface area contributed by atoms with E-state index in [1.807, 2.05) is 6.07 Å². The molecule has 0 amide bonds. The van der Waals surface area contributed by atoms with Gasteiger partial charge in [0.15, 0.2) is 5.75 Å². The topological polar surface area (TPSA) is 113 Å². The highest BCUT2D eigenvalue weighted by atomic mass is 35.5. The average molecular weight is 678 g/mol. The van der Waals surface area contributed by atoms with E-state index in [1.54, 1.807) is 6.07 Å². The predicted molar refractivity (Wildman–Crippen MR) is 179 cm³/mol. The lowest BCUT2D eigenvalue weighted by Crippen LogP contribution is -2.51. The molecule has 4 atom stereocenters. The van der Waals surface area contributed by atoms with Crippen molar-refractivity contribution >= 4 is 54.7 Å². The van der Waals surface area contributed by atoms with E-state index in [0.29, 0.717) is 64.5 Å². The Labute approximate surface area is 279 Å². The first kappa shape index (κ1) is 29.6. The van der Waals surface area contributed by atoms with E-state index in [0.717, 1.165) is 80.7 Å². The van der Waals surface area contributed by atoms with Crippen molar-refractivity contribution in [3.63, 3.8) is 0 Å². The molecule has 4 aliphatic heterocycles. The van der Waals surface area contributed by atoms with Gasteiger partial charge in [-0.3, -0.25) is 4.90 Å². The Kier molecular flexibility index (Phi) is 6.95. The van der Waals surface area contributed by atoms with Gasteiger partial charge in [0.05, 0.1) is 26.9 Å². The number of thiophene rings is 1. The molecule has 1 aliphatic carbocycles. The molecule has 2 aromatic heterocycles. The minimum Gasteiger partial charge on any atom is -0.487 e. The molecule has 0 spiro atoms. The molecular formula is C34H34ClF2N7O2S. The summed E-state index contributed by atoms with van der Waals surface area (Å²) in [4.78, 5) is 14.5. The number of nitriles is 1. The molecule has 2 unspecified atom stereocenters. The van der Waals surface area contributed by atoms with E-state index < -0.39 is 12.0 Å². The third kappa shape index (κ3) is 4.88.